The van der Waals surface area contributed by atoms with Crippen LogP contribution < -0.4 is 0 Å². The molecule has 0 radical (unpaired) electrons. The van der Waals surface area contributed by atoms with Crippen LogP contribution in [0.15, 0.2) is 35.7 Å². The van der Waals surface area contributed by atoms with Crippen molar-refractivity contribution < 1.29 is 17.9 Å². The van der Waals surface area contributed by atoms with E-state index < -0.39 is 15.6 Å². The van der Waals surface area contributed by atoms with Gasteiger partial charge in [-0.25, -0.2) is 8.42 Å². The molecule has 2 fully saturated rings. The van der Waals surface area contributed by atoms with E-state index >= 15 is 0 Å². The topological polar surface area (TPSA) is 55.8 Å². The summed E-state index contributed by atoms with van der Waals surface area (Å²) in [5.74, 6) is 0. The van der Waals surface area contributed by atoms with E-state index in [1.807, 2.05) is 0 Å². The zero-order valence-corrected chi connectivity index (χ0v) is 12.6. The standard InChI is InChI=1S/C15H19NO4S/c1-2-13-3-5-14(6-4-13)21(17,18)16-8-10-20-12-15(16)7-9-19-11-15/h2-6H,1,7-12H2/t15-/m0/s1. The van der Waals surface area contributed by atoms with Crippen molar-refractivity contribution in [3.8, 4) is 0 Å². The van der Waals surface area contributed by atoms with Gasteiger partial charge in [-0.3, -0.25) is 0 Å². The summed E-state index contributed by atoms with van der Waals surface area (Å²) in [7, 11) is -3.54. The Hall–Kier alpha value is -1.21. The average Bonchev–Trinajstić information content (AvgIpc) is 2.96. The van der Waals surface area contributed by atoms with E-state index in [1.165, 1.54) is 0 Å². The normalized spacial score (nSPS) is 27.0. The number of hydrogen-bond acceptors (Lipinski definition) is 4. The summed E-state index contributed by atoms with van der Waals surface area (Å²) in [5.41, 5.74) is 0.351. The Morgan fingerprint density at radius 1 is 1.14 bits per heavy atom. The van der Waals surface area contributed by atoms with Crippen molar-refractivity contribution in [2.75, 3.05) is 33.0 Å². The Labute approximate surface area is 125 Å². The molecular formula is C15H19NO4S. The van der Waals surface area contributed by atoms with Crippen molar-refractivity contribution in [3.05, 3.63) is 36.4 Å². The second kappa shape index (κ2) is 5.53. The van der Waals surface area contributed by atoms with Gasteiger partial charge in [-0.05, 0) is 24.1 Å². The largest absolute Gasteiger partial charge is 0.379 e. The zero-order valence-electron chi connectivity index (χ0n) is 11.8. The molecule has 1 aromatic rings. The van der Waals surface area contributed by atoms with Gasteiger partial charge in [0.1, 0.15) is 0 Å². The number of ether oxygens (including phenoxy) is 2. The van der Waals surface area contributed by atoms with E-state index in [9.17, 15) is 8.42 Å². The third-order valence-electron chi connectivity index (χ3n) is 4.12. The van der Waals surface area contributed by atoms with E-state index in [0.717, 1.165) is 5.56 Å². The summed E-state index contributed by atoms with van der Waals surface area (Å²) in [5, 5.41) is 0. The Balaban J connectivity index is 1.96. The van der Waals surface area contributed by atoms with Crippen LogP contribution in [0.3, 0.4) is 0 Å². The molecule has 0 unspecified atom stereocenters. The minimum absolute atomic E-state index is 0.307. The third-order valence-corrected chi connectivity index (χ3v) is 6.14. The van der Waals surface area contributed by atoms with Crippen molar-refractivity contribution in [1.29, 1.82) is 0 Å². The maximum absolute atomic E-state index is 12.9. The van der Waals surface area contributed by atoms with Crippen LogP contribution in [0, 0.1) is 0 Å². The van der Waals surface area contributed by atoms with E-state index in [-0.39, 0.29) is 0 Å². The first-order chi connectivity index (χ1) is 10.1. The number of hydrogen-bond donors (Lipinski definition) is 0. The fourth-order valence-corrected chi connectivity index (χ4v) is 4.66. The monoisotopic (exact) mass is 309 g/mol. The third kappa shape index (κ3) is 2.53. The Bertz CT molecular complexity index is 618. The summed E-state index contributed by atoms with van der Waals surface area (Å²) in [6.45, 7) is 5.84. The van der Waals surface area contributed by atoms with Gasteiger partial charge in [0.25, 0.3) is 0 Å². The van der Waals surface area contributed by atoms with Crippen LogP contribution in [0.25, 0.3) is 6.08 Å². The van der Waals surface area contributed by atoms with Crippen LogP contribution in [-0.2, 0) is 19.5 Å². The molecule has 2 aliphatic heterocycles. The highest BCUT2D eigenvalue weighted by molar-refractivity contribution is 7.89. The van der Waals surface area contributed by atoms with E-state index in [4.69, 9.17) is 9.47 Å². The van der Waals surface area contributed by atoms with Crippen LogP contribution >= 0.6 is 0 Å². The van der Waals surface area contributed by atoms with Crippen molar-refractivity contribution in [2.24, 2.45) is 0 Å². The van der Waals surface area contributed by atoms with Crippen molar-refractivity contribution in [1.82, 2.24) is 4.31 Å². The number of morpholine rings is 1. The molecule has 1 atom stereocenters. The molecule has 5 nitrogen and oxygen atoms in total. The van der Waals surface area contributed by atoms with Crippen LogP contribution in [0.2, 0.25) is 0 Å². The van der Waals surface area contributed by atoms with Gasteiger partial charge < -0.3 is 9.47 Å². The van der Waals surface area contributed by atoms with Gasteiger partial charge in [0, 0.05) is 13.2 Å². The highest BCUT2D eigenvalue weighted by atomic mass is 32.2. The fourth-order valence-electron chi connectivity index (χ4n) is 2.90. The molecule has 114 valence electrons. The van der Waals surface area contributed by atoms with Gasteiger partial charge >= 0.3 is 0 Å². The van der Waals surface area contributed by atoms with Gasteiger partial charge in [-0.15, -0.1) is 0 Å². The molecule has 0 N–H and O–H groups in total. The lowest BCUT2D eigenvalue weighted by molar-refractivity contribution is -0.0293. The molecule has 2 aliphatic rings. The maximum atomic E-state index is 12.9. The molecule has 0 aliphatic carbocycles. The first-order valence-corrected chi connectivity index (χ1v) is 8.43. The Morgan fingerprint density at radius 3 is 2.38 bits per heavy atom. The van der Waals surface area contributed by atoms with Gasteiger partial charge in [0.2, 0.25) is 10.0 Å². The number of nitrogens with zero attached hydrogens (tertiary/aromatic N) is 1. The zero-order chi connectivity index (χ0) is 14.9. The Kier molecular flexibility index (Phi) is 3.88. The molecule has 6 heteroatoms. The number of rotatable bonds is 3. The summed E-state index contributed by atoms with van der Waals surface area (Å²) in [6.07, 6.45) is 2.37. The summed E-state index contributed by atoms with van der Waals surface area (Å²) in [4.78, 5) is 0.307. The first kappa shape index (κ1) is 14.7. The van der Waals surface area contributed by atoms with Gasteiger partial charge in [0.05, 0.1) is 30.3 Å². The molecule has 2 heterocycles. The second-order valence-electron chi connectivity index (χ2n) is 5.43. The minimum Gasteiger partial charge on any atom is -0.379 e. The lowest BCUT2D eigenvalue weighted by Gasteiger charge is -2.42. The summed E-state index contributed by atoms with van der Waals surface area (Å²) in [6, 6.07) is 6.78. The molecule has 2 saturated heterocycles. The summed E-state index contributed by atoms with van der Waals surface area (Å²) < 4.78 is 38.4. The molecule has 0 aromatic heterocycles. The van der Waals surface area contributed by atoms with E-state index in [1.54, 1.807) is 34.6 Å². The average molecular weight is 309 g/mol. The lowest BCUT2D eigenvalue weighted by atomic mass is 9.99. The maximum Gasteiger partial charge on any atom is 0.243 e. The number of sulfonamides is 1. The highest BCUT2D eigenvalue weighted by Gasteiger charge is 2.48. The highest BCUT2D eigenvalue weighted by Crippen LogP contribution is 2.34. The predicted molar refractivity (Wildman–Crippen MR) is 79.4 cm³/mol. The van der Waals surface area contributed by atoms with Gasteiger partial charge in [-0.1, -0.05) is 24.8 Å². The predicted octanol–water partition coefficient (Wildman–Crippen LogP) is 1.51. The first-order valence-electron chi connectivity index (χ1n) is 6.99. The number of benzene rings is 1. The molecule has 21 heavy (non-hydrogen) atoms. The van der Waals surface area contributed by atoms with Crippen LogP contribution in [0.5, 0.6) is 0 Å². The second-order valence-corrected chi connectivity index (χ2v) is 7.29. The van der Waals surface area contributed by atoms with Gasteiger partial charge in [0.15, 0.2) is 0 Å². The minimum atomic E-state index is -3.54. The van der Waals surface area contributed by atoms with Crippen molar-refractivity contribution >= 4 is 16.1 Å². The molecule has 0 amide bonds. The molecule has 1 spiro atoms. The molecular weight excluding hydrogens is 290 g/mol. The SMILES string of the molecule is C=Cc1ccc(S(=O)(=O)N2CCOC[C@@]23CCOC3)cc1. The Morgan fingerprint density at radius 2 is 1.81 bits per heavy atom. The van der Waals surface area contributed by atoms with Crippen molar-refractivity contribution in [3.63, 3.8) is 0 Å². The molecule has 1 aromatic carbocycles. The molecule has 0 saturated carbocycles. The quantitative estimate of drug-likeness (QED) is 0.849. The van der Waals surface area contributed by atoms with E-state index in [0.29, 0.717) is 44.3 Å². The van der Waals surface area contributed by atoms with Crippen LogP contribution in [0.1, 0.15) is 12.0 Å². The summed E-state index contributed by atoms with van der Waals surface area (Å²) >= 11 is 0. The van der Waals surface area contributed by atoms with E-state index in [2.05, 4.69) is 6.58 Å². The molecule has 0 bridgehead atoms. The molecule has 3 rings (SSSR count). The van der Waals surface area contributed by atoms with Gasteiger partial charge in [-0.2, -0.15) is 4.31 Å². The smallest absolute Gasteiger partial charge is 0.243 e. The van der Waals surface area contributed by atoms with Crippen LogP contribution in [0.4, 0.5) is 0 Å². The van der Waals surface area contributed by atoms with Crippen LogP contribution in [-0.4, -0.2) is 51.2 Å². The lowest BCUT2D eigenvalue weighted by Crippen LogP contribution is -2.59. The fraction of sp³-hybridized carbons (Fsp3) is 0.467. The van der Waals surface area contributed by atoms with Crippen molar-refractivity contribution in [2.45, 2.75) is 16.9 Å².